The molecule has 25 heavy (non-hydrogen) atoms. The molecule has 0 N–H and O–H groups in total. The maximum absolute atomic E-state index is 12.7. The first-order valence-corrected chi connectivity index (χ1v) is 9.08. The van der Waals surface area contributed by atoms with E-state index in [9.17, 15) is 9.59 Å². The van der Waals surface area contributed by atoms with Gasteiger partial charge in [0.15, 0.2) is 0 Å². The van der Waals surface area contributed by atoms with Crippen molar-refractivity contribution in [2.45, 2.75) is 32.6 Å². The smallest absolute Gasteiger partial charge is 0.255 e. The highest BCUT2D eigenvalue weighted by molar-refractivity contribution is 5.94. The van der Waals surface area contributed by atoms with Gasteiger partial charge in [0.05, 0.1) is 12.2 Å². The summed E-state index contributed by atoms with van der Waals surface area (Å²) in [6.07, 6.45) is 4.92. The number of methoxy groups -OCH3 is 1. The molecule has 2 aliphatic heterocycles. The van der Waals surface area contributed by atoms with E-state index in [0.29, 0.717) is 38.2 Å². The first-order chi connectivity index (χ1) is 12.1. The van der Waals surface area contributed by atoms with Crippen molar-refractivity contribution >= 4 is 11.8 Å². The number of pyridine rings is 1. The molecule has 3 rings (SSSR count). The lowest BCUT2D eigenvalue weighted by molar-refractivity contribution is -0.128. The second-order valence-electron chi connectivity index (χ2n) is 7.17. The van der Waals surface area contributed by atoms with Crippen LogP contribution >= 0.6 is 0 Å². The molecule has 2 saturated heterocycles. The lowest BCUT2D eigenvalue weighted by atomic mass is 9.77. The molecule has 2 amide bonds. The third kappa shape index (κ3) is 3.84. The van der Waals surface area contributed by atoms with E-state index in [-0.39, 0.29) is 17.2 Å². The molecular formula is C19H27N3O3. The Labute approximate surface area is 149 Å². The maximum atomic E-state index is 12.7. The summed E-state index contributed by atoms with van der Waals surface area (Å²) >= 11 is 0. The molecule has 1 spiro atoms. The van der Waals surface area contributed by atoms with Gasteiger partial charge in [-0.3, -0.25) is 14.6 Å². The van der Waals surface area contributed by atoms with Crippen LogP contribution in [0.2, 0.25) is 0 Å². The van der Waals surface area contributed by atoms with Crippen LogP contribution in [0.4, 0.5) is 0 Å². The van der Waals surface area contributed by atoms with Crippen molar-refractivity contribution in [2.75, 3.05) is 39.9 Å². The number of piperidine rings is 1. The summed E-state index contributed by atoms with van der Waals surface area (Å²) in [5.74, 6) is 0.266. The van der Waals surface area contributed by atoms with Gasteiger partial charge in [-0.05, 0) is 31.4 Å². The molecule has 0 aromatic carbocycles. The average molecular weight is 345 g/mol. The summed E-state index contributed by atoms with van der Waals surface area (Å²) in [4.78, 5) is 33.0. The van der Waals surface area contributed by atoms with E-state index in [0.717, 1.165) is 31.5 Å². The molecular weight excluding hydrogens is 318 g/mol. The van der Waals surface area contributed by atoms with Crippen molar-refractivity contribution in [1.29, 1.82) is 0 Å². The van der Waals surface area contributed by atoms with E-state index in [1.165, 1.54) is 0 Å². The minimum atomic E-state index is 0.0337. The molecule has 136 valence electrons. The fourth-order valence-electron chi connectivity index (χ4n) is 3.85. The van der Waals surface area contributed by atoms with E-state index in [1.54, 1.807) is 13.3 Å². The Hall–Kier alpha value is -1.95. The monoisotopic (exact) mass is 345 g/mol. The lowest BCUT2D eigenvalue weighted by Crippen LogP contribution is -2.44. The number of ether oxygens (including phenoxy) is 1. The summed E-state index contributed by atoms with van der Waals surface area (Å²) in [5, 5.41) is 0. The summed E-state index contributed by atoms with van der Waals surface area (Å²) in [7, 11) is 1.66. The molecule has 0 radical (unpaired) electrons. The van der Waals surface area contributed by atoms with E-state index in [1.807, 2.05) is 28.9 Å². The molecule has 1 aromatic rings. The summed E-state index contributed by atoms with van der Waals surface area (Å²) < 4.78 is 5.09. The van der Waals surface area contributed by atoms with Crippen molar-refractivity contribution < 1.29 is 14.3 Å². The topological polar surface area (TPSA) is 62.7 Å². The van der Waals surface area contributed by atoms with Gasteiger partial charge in [-0.2, -0.15) is 0 Å². The van der Waals surface area contributed by atoms with Crippen molar-refractivity contribution in [1.82, 2.24) is 14.8 Å². The highest BCUT2D eigenvalue weighted by Gasteiger charge is 2.45. The van der Waals surface area contributed by atoms with Gasteiger partial charge in [0.2, 0.25) is 5.91 Å². The SMILES string of the molecule is CCc1ccc(C(=O)N2CCC3(CC2)CC(=O)N(CCOC)C3)cn1. The largest absolute Gasteiger partial charge is 0.383 e. The Balaban J connectivity index is 1.58. The van der Waals surface area contributed by atoms with Crippen molar-refractivity contribution in [3.63, 3.8) is 0 Å². The van der Waals surface area contributed by atoms with Gasteiger partial charge in [0.25, 0.3) is 5.91 Å². The van der Waals surface area contributed by atoms with Crippen molar-refractivity contribution in [3.05, 3.63) is 29.6 Å². The molecule has 1 aromatic heterocycles. The predicted octanol–water partition coefficient (Wildman–Crippen LogP) is 1.75. The highest BCUT2D eigenvalue weighted by atomic mass is 16.5. The van der Waals surface area contributed by atoms with E-state index in [4.69, 9.17) is 4.74 Å². The van der Waals surface area contributed by atoms with Crippen LogP contribution in [-0.2, 0) is 16.0 Å². The Morgan fingerprint density at radius 1 is 1.32 bits per heavy atom. The normalized spacial score (nSPS) is 19.7. The van der Waals surface area contributed by atoms with Gasteiger partial charge < -0.3 is 14.5 Å². The van der Waals surface area contributed by atoms with Gasteiger partial charge in [0, 0.05) is 57.0 Å². The van der Waals surface area contributed by atoms with E-state index >= 15 is 0 Å². The minimum Gasteiger partial charge on any atom is -0.383 e. The standard InChI is InChI=1S/C19H27N3O3/c1-3-16-5-4-15(13-20-16)18(24)21-8-6-19(7-9-21)12-17(23)22(14-19)10-11-25-2/h4-5,13H,3,6-12,14H2,1-2H3. The van der Waals surface area contributed by atoms with Crippen LogP contribution in [-0.4, -0.2) is 66.5 Å². The summed E-state index contributed by atoms with van der Waals surface area (Å²) in [5.41, 5.74) is 1.68. The zero-order chi connectivity index (χ0) is 17.9. The van der Waals surface area contributed by atoms with Gasteiger partial charge in [-0.1, -0.05) is 6.92 Å². The van der Waals surface area contributed by atoms with Gasteiger partial charge in [-0.15, -0.1) is 0 Å². The van der Waals surface area contributed by atoms with Crippen LogP contribution in [0.15, 0.2) is 18.3 Å². The van der Waals surface area contributed by atoms with Crippen molar-refractivity contribution in [3.8, 4) is 0 Å². The zero-order valence-electron chi connectivity index (χ0n) is 15.2. The predicted molar refractivity (Wildman–Crippen MR) is 94.3 cm³/mol. The molecule has 6 heteroatoms. The number of hydrogen-bond acceptors (Lipinski definition) is 4. The molecule has 0 aliphatic carbocycles. The number of carbonyl (C=O) groups excluding carboxylic acids is 2. The maximum Gasteiger partial charge on any atom is 0.255 e. The fourth-order valence-corrected chi connectivity index (χ4v) is 3.85. The quantitative estimate of drug-likeness (QED) is 0.816. The lowest BCUT2D eigenvalue weighted by Gasteiger charge is -2.38. The summed E-state index contributed by atoms with van der Waals surface area (Å²) in [6, 6.07) is 3.78. The molecule has 2 fully saturated rings. The van der Waals surface area contributed by atoms with Gasteiger partial charge in [0.1, 0.15) is 0 Å². The second kappa shape index (κ2) is 7.52. The minimum absolute atomic E-state index is 0.0337. The molecule has 0 saturated carbocycles. The number of likely N-dealkylation sites (tertiary alicyclic amines) is 2. The van der Waals surface area contributed by atoms with Crippen LogP contribution < -0.4 is 0 Å². The first-order valence-electron chi connectivity index (χ1n) is 9.08. The molecule has 3 heterocycles. The fraction of sp³-hybridized carbons (Fsp3) is 0.632. The second-order valence-corrected chi connectivity index (χ2v) is 7.17. The molecule has 6 nitrogen and oxygen atoms in total. The highest BCUT2D eigenvalue weighted by Crippen LogP contribution is 2.41. The van der Waals surface area contributed by atoms with E-state index < -0.39 is 0 Å². The van der Waals surface area contributed by atoms with E-state index in [2.05, 4.69) is 4.98 Å². The number of rotatable bonds is 5. The van der Waals surface area contributed by atoms with Crippen LogP contribution in [0.25, 0.3) is 0 Å². The number of aryl methyl sites for hydroxylation is 1. The number of nitrogens with zero attached hydrogens (tertiary/aromatic N) is 3. The number of hydrogen-bond donors (Lipinski definition) is 0. The molecule has 2 aliphatic rings. The molecule has 0 unspecified atom stereocenters. The molecule has 0 bridgehead atoms. The third-order valence-electron chi connectivity index (χ3n) is 5.52. The van der Waals surface area contributed by atoms with Crippen LogP contribution in [0.3, 0.4) is 0 Å². The Kier molecular flexibility index (Phi) is 5.37. The van der Waals surface area contributed by atoms with Gasteiger partial charge >= 0.3 is 0 Å². The Bertz CT molecular complexity index is 621. The number of carbonyl (C=O) groups is 2. The molecule has 0 atom stereocenters. The Morgan fingerprint density at radius 3 is 2.68 bits per heavy atom. The van der Waals surface area contributed by atoms with Crippen molar-refractivity contribution in [2.24, 2.45) is 5.41 Å². The Morgan fingerprint density at radius 2 is 2.08 bits per heavy atom. The average Bonchev–Trinajstić information content (AvgIpc) is 2.95. The number of amides is 2. The van der Waals surface area contributed by atoms with Crippen LogP contribution in [0.1, 0.15) is 42.2 Å². The van der Waals surface area contributed by atoms with Gasteiger partial charge in [-0.25, -0.2) is 0 Å². The number of aromatic nitrogens is 1. The van der Waals surface area contributed by atoms with Crippen LogP contribution in [0.5, 0.6) is 0 Å². The first kappa shape index (κ1) is 17.9. The summed E-state index contributed by atoms with van der Waals surface area (Å²) in [6.45, 7) is 5.50. The zero-order valence-corrected chi connectivity index (χ0v) is 15.2. The van der Waals surface area contributed by atoms with Crippen LogP contribution in [0, 0.1) is 5.41 Å². The third-order valence-corrected chi connectivity index (χ3v) is 5.52.